The van der Waals surface area contributed by atoms with Crippen molar-refractivity contribution >= 4 is 17.2 Å². The Balaban J connectivity index is 2.32. The summed E-state index contributed by atoms with van der Waals surface area (Å²) in [6, 6.07) is 0. The molecule has 0 aromatic carbocycles. The van der Waals surface area contributed by atoms with Gasteiger partial charge in [0.25, 0.3) is 5.24 Å². The fourth-order valence-corrected chi connectivity index (χ4v) is 1.31. The molecule has 0 unspecified atom stereocenters. The normalized spacial score (nSPS) is 18.6. The molecule has 52 valence electrons. The molecule has 3 nitrogen and oxygen atoms in total. The van der Waals surface area contributed by atoms with E-state index in [2.05, 4.69) is 0 Å². The van der Waals surface area contributed by atoms with E-state index >= 15 is 0 Å². The first-order chi connectivity index (χ1) is 4.34. The summed E-state index contributed by atoms with van der Waals surface area (Å²) in [6.45, 7) is 1.78. The molecule has 0 spiro atoms. The van der Waals surface area contributed by atoms with Crippen LogP contribution in [0.3, 0.4) is 0 Å². The van der Waals surface area contributed by atoms with Crippen molar-refractivity contribution in [2.24, 2.45) is 5.14 Å². The van der Waals surface area contributed by atoms with Crippen molar-refractivity contribution in [3.05, 3.63) is 0 Å². The molecule has 0 aliphatic carbocycles. The maximum atomic E-state index is 10.8. The molecule has 0 saturated carbocycles. The summed E-state index contributed by atoms with van der Waals surface area (Å²) in [7, 11) is 0. The second-order valence-electron chi connectivity index (χ2n) is 2.08. The second-order valence-corrected chi connectivity index (χ2v) is 2.66. The minimum Gasteiger partial charge on any atom is -0.333 e. The Morgan fingerprint density at radius 3 is 2.44 bits per heavy atom. The SMILES string of the molecule is NSC(=O)N1CCCC1. The van der Waals surface area contributed by atoms with Crippen LogP contribution in [0, 0.1) is 0 Å². The number of rotatable bonds is 0. The summed E-state index contributed by atoms with van der Waals surface area (Å²) in [6.07, 6.45) is 2.26. The van der Waals surface area contributed by atoms with Gasteiger partial charge in [0.05, 0.1) is 0 Å². The molecule has 1 rings (SSSR count). The van der Waals surface area contributed by atoms with Gasteiger partial charge >= 0.3 is 0 Å². The Hall–Kier alpha value is -0.220. The highest BCUT2D eigenvalue weighted by Gasteiger charge is 2.16. The monoisotopic (exact) mass is 146 g/mol. The van der Waals surface area contributed by atoms with E-state index < -0.39 is 0 Å². The molecule has 1 aliphatic heterocycles. The quantitative estimate of drug-likeness (QED) is 0.514. The Morgan fingerprint density at radius 1 is 1.44 bits per heavy atom. The van der Waals surface area contributed by atoms with Gasteiger partial charge in [0.15, 0.2) is 0 Å². The van der Waals surface area contributed by atoms with Crippen LogP contribution in [-0.2, 0) is 0 Å². The number of amides is 1. The van der Waals surface area contributed by atoms with Crippen LogP contribution in [-0.4, -0.2) is 23.2 Å². The lowest BCUT2D eigenvalue weighted by atomic mass is 10.4. The lowest BCUT2D eigenvalue weighted by Crippen LogP contribution is -2.24. The second kappa shape index (κ2) is 3.08. The predicted molar refractivity (Wildman–Crippen MR) is 38.0 cm³/mol. The van der Waals surface area contributed by atoms with Crippen molar-refractivity contribution in [1.82, 2.24) is 4.90 Å². The van der Waals surface area contributed by atoms with Crippen molar-refractivity contribution in [2.75, 3.05) is 13.1 Å². The van der Waals surface area contributed by atoms with E-state index in [1.165, 1.54) is 0 Å². The van der Waals surface area contributed by atoms with Gasteiger partial charge in [0, 0.05) is 25.0 Å². The molecule has 1 heterocycles. The molecule has 1 amide bonds. The highest BCUT2D eigenvalue weighted by molar-refractivity contribution is 8.11. The Labute approximate surface area is 58.7 Å². The predicted octanol–water partition coefficient (Wildman–Crippen LogP) is 0.809. The minimum absolute atomic E-state index is 0.00694. The molecule has 0 aromatic heterocycles. The summed E-state index contributed by atoms with van der Waals surface area (Å²) < 4.78 is 0. The van der Waals surface area contributed by atoms with Crippen LogP contribution >= 0.6 is 11.9 Å². The van der Waals surface area contributed by atoms with Gasteiger partial charge < -0.3 is 4.90 Å². The van der Waals surface area contributed by atoms with Crippen molar-refractivity contribution in [3.8, 4) is 0 Å². The van der Waals surface area contributed by atoms with E-state index in [4.69, 9.17) is 5.14 Å². The topological polar surface area (TPSA) is 46.3 Å². The number of hydrogen-bond acceptors (Lipinski definition) is 3. The molecular formula is C5H10N2OS. The molecule has 0 atom stereocenters. The van der Waals surface area contributed by atoms with E-state index in [-0.39, 0.29) is 5.24 Å². The van der Waals surface area contributed by atoms with Gasteiger partial charge in [-0.1, -0.05) is 0 Å². The molecule has 0 bridgehead atoms. The molecule has 0 aromatic rings. The van der Waals surface area contributed by atoms with Crippen LogP contribution < -0.4 is 5.14 Å². The highest BCUT2D eigenvalue weighted by Crippen LogP contribution is 2.11. The number of nitrogens with zero attached hydrogens (tertiary/aromatic N) is 1. The van der Waals surface area contributed by atoms with Crippen LogP contribution in [0.15, 0.2) is 0 Å². The summed E-state index contributed by atoms with van der Waals surface area (Å²) in [4.78, 5) is 12.6. The van der Waals surface area contributed by atoms with E-state index in [0.717, 1.165) is 37.9 Å². The number of carbonyl (C=O) groups is 1. The third-order valence-corrected chi connectivity index (χ3v) is 1.92. The highest BCUT2D eigenvalue weighted by atomic mass is 32.2. The van der Waals surface area contributed by atoms with E-state index in [9.17, 15) is 4.79 Å². The van der Waals surface area contributed by atoms with Gasteiger partial charge in [-0.15, -0.1) is 0 Å². The average Bonchev–Trinajstić information content (AvgIpc) is 2.37. The zero-order valence-corrected chi connectivity index (χ0v) is 5.99. The molecular weight excluding hydrogens is 136 g/mol. The van der Waals surface area contributed by atoms with Gasteiger partial charge in [-0.3, -0.25) is 9.93 Å². The van der Waals surface area contributed by atoms with Crippen LogP contribution in [0.2, 0.25) is 0 Å². The first-order valence-corrected chi connectivity index (χ1v) is 3.88. The maximum Gasteiger partial charge on any atom is 0.296 e. The third-order valence-electron chi connectivity index (χ3n) is 1.47. The lowest BCUT2D eigenvalue weighted by molar-refractivity contribution is 0.233. The minimum atomic E-state index is 0.00694. The smallest absolute Gasteiger partial charge is 0.296 e. The van der Waals surface area contributed by atoms with Crippen molar-refractivity contribution in [1.29, 1.82) is 0 Å². The molecule has 4 heteroatoms. The van der Waals surface area contributed by atoms with Crippen LogP contribution in [0.4, 0.5) is 4.79 Å². The van der Waals surface area contributed by atoms with Crippen LogP contribution in [0.25, 0.3) is 0 Å². The molecule has 1 fully saturated rings. The first kappa shape index (κ1) is 6.89. The maximum absolute atomic E-state index is 10.8. The lowest BCUT2D eigenvalue weighted by Gasteiger charge is -2.11. The zero-order chi connectivity index (χ0) is 6.69. The molecule has 9 heavy (non-hydrogen) atoms. The average molecular weight is 146 g/mol. The fraction of sp³-hybridized carbons (Fsp3) is 0.800. The largest absolute Gasteiger partial charge is 0.333 e. The van der Waals surface area contributed by atoms with Gasteiger partial charge in [-0.2, -0.15) is 0 Å². The number of hydrogen-bond donors (Lipinski definition) is 1. The fourth-order valence-electron chi connectivity index (χ4n) is 0.974. The summed E-state index contributed by atoms with van der Waals surface area (Å²) >= 11 is 0.809. The number of likely N-dealkylation sites (tertiary alicyclic amines) is 1. The van der Waals surface area contributed by atoms with E-state index in [1.54, 1.807) is 4.90 Å². The molecule has 1 saturated heterocycles. The van der Waals surface area contributed by atoms with Gasteiger partial charge in [-0.05, 0) is 12.8 Å². The van der Waals surface area contributed by atoms with E-state index in [1.807, 2.05) is 0 Å². The summed E-state index contributed by atoms with van der Waals surface area (Å²) in [5.41, 5.74) is 0. The number of carbonyl (C=O) groups excluding carboxylic acids is 1. The van der Waals surface area contributed by atoms with E-state index in [0.29, 0.717) is 0 Å². The molecule has 0 radical (unpaired) electrons. The summed E-state index contributed by atoms with van der Waals surface area (Å²) in [5, 5.41) is 5.08. The Kier molecular flexibility index (Phi) is 2.36. The van der Waals surface area contributed by atoms with Gasteiger partial charge in [0.1, 0.15) is 0 Å². The van der Waals surface area contributed by atoms with Crippen LogP contribution in [0.1, 0.15) is 12.8 Å². The van der Waals surface area contributed by atoms with Gasteiger partial charge in [-0.25, -0.2) is 0 Å². The molecule has 1 aliphatic rings. The zero-order valence-electron chi connectivity index (χ0n) is 5.17. The first-order valence-electron chi connectivity index (χ1n) is 3.00. The van der Waals surface area contributed by atoms with Crippen LogP contribution in [0.5, 0.6) is 0 Å². The van der Waals surface area contributed by atoms with Crippen molar-refractivity contribution in [3.63, 3.8) is 0 Å². The number of nitrogens with two attached hydrogens (primary N) is 1. The molecule has 2 N–H and O–H groups in total. The Morgan fingerprint density at radius 2 is 2.00 bits per heavy atom. The van der Waals surface area contributed by atoms with Gasteiger partial charge in [0.2, 0.25) is 0 Å². The van der Waals surface area contributed by atoms with Crippen molar-refractivity contribution < 1.29 is 4.79 Å². The third kappa shape index (κ3) is 1.59. The standard InChI is InChI=1S/C5H10N2OS/c6-9-5(8)7-3-1-2-4-7/h1-4,6H2. The summed E-state index contributed by atoms with van der Waals surface area (Å²) in [5.74, 6) is 0. The van der Waals surface area contributed by atoms with Crippen molar-refractivity contribution in [2.45, 2.75) is 12.8 Å². The Bertz CT molecular complexity index is 112.